The summed E-state index contributed by atoms with van der Waals surface area (Å²) in [5, 5.41) is 3.54. The van der Waals surface area contributed by atoms with Crippen molar-refractivity contribution in [1.82, 2.24) is 4.90 Å². The summed E-state index contributed by atoms with van der Waals surface area (Å²) in [5.74, 6) is 2.37. The van der Waals surface area contributed by atoms with Crippen molar-refractivity contribution >= 4 is 5.69 Å². The minimum absolute atomic E-state index is 0.650. The highest BCUT2D eigenvalue weighted by molar-refractivity contribution is 5.54. The summed E-state index contributed by atoms with van der Waals surface area (Å²) >= 11 is 0. The number of hydrogen-bond acceptors (Lipinski definition) is 4. The van der Waals surface area contributed by atoms with Gasteiger partial charge in [-0.2, -0.15) is 0 Å². The maximum atomic E-state index is 5.67. The zero-order chi connectivity index (χ0) is 15.1. The van der Waals surface area contributed by atoms with Crippen LogP contribution in [0.4, 0.5) is 5.69 Å². The van der Waals surface area contributed by atoms with E-state index in [1.165, 1.54) is 25.9 Å². The third kappa shape index (κ3) is 4.81. The molecule has 0 aliphatic carbocycles. The van der Waals surface area contributed by atoms with E-state index in [4.69, 9.17) is 9.47 Å². The van der Waals surface area contributed by atoms with Gasteiger partial charge in [-0.05, 0) is 58.3 Å². The van der Waals surface area contributed by atoms with Gasteiger partial charge in [-0.25, -0.2) is 0 Å². The Morgan fingerprint density at radius 2 is 1.95 bits per heavy atom. The highest BCUT2D eigenvalue weighted by Gasteiger charge is 2.17. The predicted octanol–water partition coefficient (Wildman–Crippen LogP) is 3.24. The van der Waals surface area contributed by atoms with E-state index in [9.17, 15) is 0 Å². The van der Waals surface area contributed by atoms with Gasteiger partial charge in [-0.1, -0.05) is 0 Å². The fourth-order valence-electron chi connectivity index (χ4n) is 2.86. The molecule has 1 aliphatic rings. The Hall–Kier alpha value is -1.42. The van der Waals surface area contributed by atoms with Crippen LogP contribution in [0.5, 0.6) is 11.5 Å². The quantitative estimate of drug-likeness (QED) is 0.836. The summed E-state index contributed by atoms with van der Waals surface area (Å²) < 4.78 is 11.3. The molecule has 0 amide bonds. The van der Waals surface area contributed by atoms with Crippen LogP contribution in [0.1, 0.15) is 26.7 Å². The van der Waals surface area contributed by atoms with Gasteiger partial charge in [0.1, 0.15) is 0 Å². The molecular formula is C17H28N2O2. The van der Waals surface area contributed by atoms with Crippen LogP contribution in [0.15, 0.2) is 18.2 Å². The molecule has 1 aliphatic heterocycles. The first-order chi connectivity index (χ1) is 10.2. The summed E-state index contributed by atoms with van der Waals surface area (Å²) in [6.07, 6.45) is 2.61. The monoisotopic (exact) mass is 292 g/mol. The molecule has 0 radical (unpaired) electrons. The molecule has 1 saturated heterocycles. The van der Waals surface area contributed by atoms with E-state index < -0.39 is 0 Å². The lowest BCUT2D eigenvalue weighted by Gasteiger charge is -2.30. The number of piperidine rings is 1. The van der Waals surface area contributed by atoms with Crippen molar-refractivity contribution < 1.29 is 9.47 Å². The highest BCUT2D eigenvalue weighted by atomic mass is 16.5. The fourth-order valence-corrected chi connectivity index (χ4v) is 2.86. The van der Waals surface area contributed by atoms with Gasteiger partial charge in [0.25, 0.3) is 0 Å². The lowest BCUT2D eigenvalue weighted by atomic mass is 9.98. The van der Waals surface area contributed by atoms with Crippen LogP contribution in [-0.2, 0) is 0 Å². The maximum absolute atomic E-state index is 5.67. The second kappa shape index (κ2) is 8.13. The smallest absolute Gasteiger partial charge is 0.163 e. The molecule has 1 fully saturated rings. The summed E-state index contributed by atoms with van der Waals surface area (Å²) in [5.41, 5.74) is 1.11. The molecule has 0 saturated carbocycles. The Bertz CT molecular complexity index is 437. The third-order valence-corrected chi connectivity index (χ3v) is 3.86. The van der Waals surface area contributed by atoms with Crippen molar-refractivity contribution in [3.05, 3.63) is 18.2 Å². The number of benzene rings is 1. The van der Waals surface area contributed by atoms with E-state index in [1.807, 2.05) is 26.0 Å². The van der Waals surface area contributed by atoms with E-state index in [0.29, 0.717) is 13.2 Å². The number of likely N-dealkylation sites (tertiary alicyclic amines) is 1. The summed E-state index contributed by atoms with van der Waals surface area (Å²) in [4.78, 5) is 2.42. The van der Waals surface area contributed by atoms with Crippen LogP contribution < -0.4 is 14.8 Å². The van der Waals surface area contributed by atoms with Crippen LogP contribution in [0.25, 0.3) is 0 Å². The molecule has 4 heteroatoms. The first-order valence-electron chi connectivity index (χ1n) is 8.05. The number of ether oxygens (including phenoxy) is 2. The zero-order valence-corrected chi connectivity index (χ0v) is 13.5. The molecule has 0 bridgehead atoms. The molecular weight excluding hydrogens is 264 g/mol. The molecule has 1 heterocycles. The standard InChI is InChI=1S/C17H28N2O2/c1-4-20-16-9-8-15(11-17(16)21-5-2)18-12-14-7-6-10-19(3)13-14/h8-9,11,14,18H,4-7,10,12-13H2,1-3H3. The van der Waals surface area contributed by atoms with E-state index in [1.54, 1.807) is 0 Å². The summed E-state index contributed by atoms with van der Waals surface area (Å²) in [6.45, 7) is 8.72. The van der Waals surface area contributed by atoms with Crippen molar-refractivity contribution in [2.24, 2.45) is 5.92 Å². The van der Waals surface area contributed by atoms with Crippen molar-refractivity contribution in [3.8, 4) is 11.5 Å². The van der Waals surface area contributed by atoms with E-state index in [0.717, 1.165) is 29.6 Å². The van der Waals surface area contributed by atoms with E-state index >= 15 is 0 Å². The SMILES string of the molecule is CCOc1ccc(NCC2CCCN(C)C2)cc1OCC. The molecule has 21 heavy (non-hydrogen) atoms. The van der Waals surface area contributed by atoms with Crippen LogP contribution >= 0.6 is 0 Å². The van der Waals surface area contributed by atoms with E-state index in [2.05, 4.69) is 23.3 Å². The number of hydrogen-bond donors (Lipinski definition) is 1. The average molecular weight is 292 g/mol. The molecule has 1 atom stereocenters. The second-order valence-electron chi connectivity index (χ2n) is 5.68. The Morgan fingerprint density at radius 1 is 1.19 bits per heavy atom. The van der Waals surface area contributed by atoms with Gasteiger partial charge in [0.15, 0.2) is 11.5 Å². The molecule has 1 aromatic carbocycles. The molecule has 4 nitrogen and oxygen atoms in total. The number of nitrogens with zero attached hydrogens (tertiary/aromatic N) is 1. The van der Waals surface area contributed by atoms with Gasteiger partial charge >= 0.3 is 0 Å². The molecule has 0 spiro atoms. The van der Waals surface area contributed by atoms with Crippen molar-refractivity contribution in [1.29, 1.82) is 0 Å². The van der Waals surface area contributed by atoms with Crippen LogP contribution in [0.3, 0.4) is 0 Å². The summed E-state index contributed by atoms with van der Waals surface area (Å²) in [7, 11) is 2.20. The number of anilines is 1. The Kier molecular flexibility index (Phi) is 6.18. The lowest BCUT2D eigenvalue weighted by molar-refractivity contribution is 0.217. The van der Waals surface area contributed by atoms with Crippen LogP contribution in [-0.4, -0.2) is 44.8 Å². The molecule has 2 rings (SSSR count). The average Bonchev–Trinajstić information content (AvgIpc) is 2.48. The van der Waals surface area contributed by atoms with Gasteiger partial charge in [-0.3, -0.25) is 0 Å². The van der Waals surface area contributed by atoms with Gasteiger partial charge < -0.3 is 19.7 Å². The second-order valence-corrected chi connectivity index (χ2v) is 5.68. The first kappa shape index (κ1) is 16.0. The van der Waals surface area contributed by atoms with Crippen molar-refractivity contribution in [3.63, 3.8) is 0 Å². The van der Waals surface area contributed by atoms with Crippen molar-refractivity contribution in [2.45, 2.75) is 26.7 Å². The molecule has 1 unspecified atom stereocenters. The Labute approximate surface area is 128 Å². The van der Waals surface area contributed by atoms with Gasteiger partial charge in [-0.15, -0.1) is 0 Å². The molecule has 0 aromatic heterocycles. The largest absolute Gasteiger partial charge is 0.490 e. The van der Waals surface area contributed by atoms with Gasteiger partial charge in [0.05, 0.1) is 13.2 Å². The minimum atomic E-state index is 0.650. The van der Waals surface area contributed by atoms with Crippen LogP contribution in [0, 0.1) is 5.92 Å². The first-order valence-corrected chi connectivity index (χ1v) is 8.05. The number of rotatable bonds is 7. The molecule has 1 N–H and O–H groups in total. The van der Waals surface area contributed by atoms with Gasteiger partial charge in [0.2, 0.25) is 0 Å². The highest BCUT2D eigenvalue weighted by Crippen LogP contribution is 2.30. The summed E-state index contributed by atoms with van der Waals surface area (Å²) in [6, 6.07) is 6.10. The topological polar surface area (TPSA) is 33.7 Å². The number of nitrogens with one attached hydrogen (secondary N) is 1. The fraction of sp³-hybridized carbons (Fsp3) is 0.647. The normalized spacial score (nSPS) is 19.3. The Morgan fingerprint density at radius 3 is 2.67 bits per heavy atom. The zero-order valence-electron chi connectivity index (χ0n) is 13.5. The third-order valence-electron chi connectivity index (χ3n) is 3.86. The van der Waals surface area contributed by atoms with Crippen molar-refractivity contribution in [2.75, 3.05) is 45.2 Å². The van der Waals surface area contributed by atoms with Gasteiger partial charge in [0, 0.05) is 24.8 Å². The maximum Gasteiger partial charge on any atom is 0.163 e. The lowest BCUT2D eigenvalue weighted by Crippen LogP contribution is -2.35. The predicted molar refractivity (Wildman–Crippen MR) is 87.5 cm³/mol. The van der Waals surface area contributed by atoms with E-state index in [-0.39, 0.29) is 0 Å². The Balaban J connectivity index is 1.94. The van der Waals surface area contributed by atoms with Crippen LogP contribution in [0.2, 0.25) is 0 Å². The minimum Gasteiger partial charge on any atom is -0.490 e. The molecule has 118 valence electrons. The molecule has 1 aromatic rings.